The summed E-state index contributed by atoms with van der Waals surface area (Å²) in [5.74, 6) is 0.396. The molecule has 112 valence electrons. The van der Waals surface area contributed by atoms with E-state index in [1.54, 1.807) is 11.9 Å². The Kier molecular flexibility index (Phi) is 6.88. The van der Waals surface area contributed by atoms with Crippen LogP contribution >= 0.6 is 0 Å². The minimum Gasteiger partial charge on any atom is -0.346 e. The summed E-state index contributed by atoms with van der Waals surface area (Å²) in [5.41, 5.74) is 7.52. The highest BCUT2D eigenvalue weighted by atomic mass is 32.2. The van der Waals surface area contributed by atoms with E-state index < -0.39 is 10.8 Å². The molecule has 0 aliphatic carbocycles. The molecule has 0 bridgehead atoms. The average molecular weight is 296 g/mol. The molecule has 0 saturated carbocycles. The van der Waals surface area contributed by atoms with Crippen molar-refractivity contribution in [2.75, 3.05) is 25.9 Å². The summed E-state index contributed by atoms with van der Waals surface area (Å²) in [7, 11) is 0.642. The molecule has 1 atom stereocenters. The van der Waals surface area contributed by atoms with Gasteiger partial charge < -0.3 is 10.6 Å². The van der Waals surface area contributed by atoms with Gasteiger partial charge >= 0.3 is 0 Å². The summed E-state index contributed by atoms with van der Waals surface area (Å²) in [6.45, 7) is 5.16. The minimum atomic E-state index is -1.12. The van der Waals surface area contributed by atoms with Gasteiger partial charge in [-0.15, -0.1) is 0 Å². The van der Waals surface area contributed by atoms with E-state index in [2.05, 4.69) is 0 Å². The van der Waals surface area contributed by atoms with Crippen molar-refractivity contribution in [3.63, 3.8) is 0 Å². The van der Waals surface area contributed by atoms with Crippen molar-refractivity contribution in [1.82, 2.24) is 4.90 Å². The summed E-state index contributed by atoms with van der Waals surface area (Å²) in [4.78, 5) is 14.4. The third-order valence-corrected chi connectivity index (χ3v) is 4.72. The second-order valence-corrected chi connectivity index (χ2v) is 6.57. The first kappa shape index (κ1) is 16.9. The lowest BCUT2D eigenvalue weighted by Crippen LogP contribution is -2.29. The molecule has 0 aliphatic rings. The van der Waals surface area contributed by atoms with Crippen molar-refractivity contribution < 1.29 is 9.00 Å². The molecule has 0 spiro atoms. The van der Waals surface area contributed by atoms with Crippen LogP contribution in [0.2, 0.25) is 0 Å². The van der Waals surface area contributed by atoms with Crippen LogP contribution in [0.3, 0.4) is 0 Å². The van der Waals surface area contributed by atoms with Gasteiger partial charge in [0.15, 0.2) is 0 Å². The fourth-order valence-electron chi connectivity index (χ4n) is 1.89. The van der Waals surface area contributed by atoms with Crippen LogP contribution in [-0.2, 0) is 15.6 Å². The predicted molar refractivity (Wildman–Crippen MR) is 83.1 cm³/mol. The van der Waals surface area contributed by atoms with Crippen LogP contribution < -0.4 is 5.73 Å². The van der Waals surface area contributed by atoms with E-state index in [4.69, 9.17) is 5.73 Å². The van der Waals surface area contributed by atoms with Crippen LogP contribution in [0, 0.1) is 13.8 Å². The molecule has 4 nitrogen and oxygen atoms in total. The summed E-state index contributed by atoms with van der Waals surface area (Å²) >= 11 is 0. The predicted octanol–water partition coefficient (Wildman–Crippen LogP) is 1.61. The van der Waals surface area contributed by atoms with E-state index in [9.17, 15) is 9.00 Å². The maximum Gasteiger partial charge on any atom is 0.223 e. The molecule has 0 aromatic heterocycles. The Balaban J connectivity index is 2.55. The lowest BCUT2D eigenvalue weighted by atomic mass is 10.2. The standard InChI is InChI=1S/C15H24N2O2S/c1-12-5-6-13(2)14(11-12)20(19)10-7-15(18)17(3)9-4-8-16/h5-6,11H,4,7-10,16H2,1-3H3. The number of hydrogen-bond acceptors (Lipinski definition) is 3. The van der Waals surface area contributed by atoms with Crippen molar-refractivity contribution in [1.29, 1.82) is 0 Å². The van der Waals surface area contributed by atoms with Gasteiger partial charge in [-0.05, 0) is 44.0 Å². The molecule has 20 heavy (non-hydrogen) atoms. The Morgan fingerprint density at radius 3 is 2.70 bits per heavy atom. The Morgan fingerprint density at radius 1 is 1.35 bits per heavy atom. The summed E-state index contributed by atoms with van der Waals surface area (Å²) < 4.78 is 12.3. The third kappa shape index (κ3) is 5.06. The normalized spacial score (nSPS) is 12.2. The highest BCUT2D eigenvalue weighted by Crippen LogP contribution is 2.16. The molecular formula is C15H24N2O2S. The van der Waals surface area contributed by atoms with Crippen molar-refractivity contribution in [2.45, 2.75) is 31.6 Å². The molecule has 0 aliphatic heterocycles. The molecule has 1 rings (SSSR count). The van der Waals surface area contributed by atoms with Crippen LogP contribution in [0.15, 0.2) is 23.1 Å². The van der Waals surface area contributed by atoms with Crippen molar-refractivity contribution in [3.8, 4) is 0 Å². The smallest absolute Gasteiger partial charge is 0.223 e. The van der Waals surface area contributed by atoms with Gasteiger partial charge in [-0.3, -0.25) is 9.00 Å². The van der Waals surface area contributed by atoms with Crippen molar-refractivity contribution in [2.24, 2.45) is 5.73 Å². The zero-order valence-corrected chi connectivity index (χ0v) is 13.3. The van der Waals surface area contributed by atoms with Gasteiger partial charge in [0.1, 0.15) is 0 Å². The number of carbonyl (C=O) groups is 1. The number of nitrogens with two attached hydrogens (primary N) is 1. The van der Waals surface area contributed by atoms with Crippen LogP contribution in [0.25, 0.3) is 0 Å². The van der Waals surface area contributed by atoms with Crippen molar-refractivity contribution in [3.05, 3.63) is 29.3 Å². The molecule has 1 amide bonds. The fraction of sp³-hybridized carbons (Fsp3) is 0.533. The minimum absolute atomic E-state index is 0.0251. The molecule has 2 N–H and O–H groups in total. The van der Waals surface area contributed by atoms with Crippen LogP contribution in [0.5, 0.6) is 0 Å². The number of benzene rings is 1. The van der Waals surface area contributed by atoms with Crippen molar-refractivity contribution >= 4 is 16.7 Å². The maximum atomic E-state index is 12.3. The topological polar surface area (TPSA) is 63.4 Å². The van der Waals surface area contributed by atoms with Gasteiger partial charge in [0.2, 0.25) is 5.91 Å². The first-order valence-electron chi connectivity index (χ1n) is 6.85. The van der Waals surface area contributed by atoms with E-state index in [1.807, 2.05) is 32.0 Å². The van der Waals surface area contributed by atoms with Gasteiger partial charge in [-0.1, -0.05) is 12.1 Å². The van der Waals surface area contributed by atoms with Crippen LogP contribution in [0.4, 0.5) is 0 Å². The van der Waals surface area contributed by atoms with E-state index >= 15 is 0 Å². The molecule has 1 aromatic rings. The number of nitrogens with zero attached hydrogens (tertiary/aromatic N) is 1. The van der Waals surface area contributed by atoms with E-state index in [0.29, 0.717) is 25.3 Å². The molecule has 0 heterocycles. The van der Waals surface area contributed by atoms with Crippen LogP contribution in [-0.4, -0.2) is 40.9 Å². The zero-order valence-electron chi connectivity index (χ0n) is 12.5. The quantitative estimate of drug-likeness (QED) is 0.831. The van der Waals surface area contributed by atoms with Gasteiger partial charge in [0, 0.05) is 30.7 Å². The number of carbonyl (C=O) groups excluding carboxylic acids is 1. The summed E-state index contributed by atoms with van der Waals surface area (Å²) in [6, 6.07) is 5.91. The molecule has 5 heteroatoms. The SMILES string of the molecule is Cc1ccc(C)c(S(=O)CCC(=O)N(C)CCCN)c1. The number of amides is 1. The lowest BCUT2D eigenvalue weighted by Gasteiger charge is -2.16. The average Bonchev–Trinajstić information content (AvgIpc) is 2.44. The molecule has 0 radical (unpaired) electrons. The number of hydrogen-bond donors (Lipinski definition) is 1. The summed E-state index contributed by atoms with van der Waals surface area (Å²) in [5, 5.41) is 0. The Hall–Kier alpha value is -1.20. The lowest BCUT2D eigenvalue weighted by molar-refractivity contribution is -0.129. The van der Waals surface area contributed by atoms with E-state index in [-0.39, 0.29) is 5.91 Å². The molecule has 0 fully saturated rings. The van der Waals surface area contributed by atoms with Gasteiger partial charge in [0.25, 0.3) is 0 Å². The largest absolute Gasteiger partial charge is 0.346 e. The number of rotatable bonds is 7. The fourth-order valence-corrected chi connectivity index (χ4v) is 3.21. The first-order chi connectivity index (χ1) is 9.45. The highest BCUT2D eigenvalue weighted by Gasteiger charge is 2.13. The molecule has 1 unspecified atom stereocenters. The van der Waals surface area contributed by atoms with E-state index in [0.717, 1.165) is 22.4 Å². The Bertz CT molecular complexity index is 489. The van der Waals surface area contributed by atoms with E-state index in [1.165, 1.54) is 0 Å². The first-order valence-corrected chi connectivity index (χ1v) is 8.17. The summed E-state index contributed by atoms with van der Waals surface area (Å²) in [6.07, 6.45) is 1.10. The van der Waals surface area contributed by atoms with Gasteiger partial charge in [-0.25, -0.2) is 0 Å². The monoisotopic (exact) mass is 296 g/mol. The highest BCUT2D eigenvalue weighted by molar-refractivity contribution is 7.85. The van der Waals surface area contributed by atoms with Crippen LogP contribution in [0.1, 0.15) is 24.0 Å². The molecular weight excluding hydrogens is 272 g/mol. The maximum absolute atomic E-state index is 12.3. The Morgan fingerprint density at radius 2 is 2.05 bits per heavy atom. The van der Waals surface area contributed by atoms with Gasteiger partial charge in [0.05, 0.1) is 10.8 Å². The zero-order chi connectivity index (χ0) is 15.1. The second-order valence-electron chi connectivity index (χ2n) is 5.03. The Labute approximate surface area is 123 Å². The third-order valence-electron chi connectivity index (χ3n) is 3.21. The molecule has 1 aromatic carbocycles. The molecule has 0 saturated heterocycles. The number of aryl methyl sites for hydroxylation is 2. The second kappa shape index (κ2) is 8.17. The van der Waals surface area contributed by atoms with Gasteiger partial charge in [-0.2, -0.15) is 0 Å².